The Morgan fingerprint density at radius 2 is 2.15 bits per heavy atom. The fourth-order valence-corrected chi connectivity index (χ4v) is 2.23. The van der Waals surface area contributed by atoms with E-state index in [1.54, 1.807) is 6.07 Å². The third-order valence-electron chi connectivity index (χ3n) is 3.25. The van der Waals surface area contributed by atoms with E-state index in [2.05, 4.69) is 15.6 Å². The number of hydrogen-bond donors (Lipinski definition) is 2. The number of rotatable bonds is 3. The van der Waals surface area contributed by atoms with Gasteiger partial charge in [-0.2, -0.15) is 4.98 Å². The zero-order chi connectivity index (χ0) is 13.2. The average molecular weight is 299 g/mol. The van der Waals surface area contributed by atoms with Crippen LogP contribution in [0.5, 0.6) is 0 Å². The van der Waals surface area contributed by atoms with Crippen LogP contribution >= 0.6 is 12.4 Å². The van der Waals surface area contributed by atoms with E-state index in [9.17, 15) is 10.1 Å². The number of nitro groups is 1. The molecular weight excluding hydrogens is 284 g/mol. The number of fused-ring (bicyclic) bond motifs is 1. The fraction of sp³-hybridized carbons (Fsp3) is 0.417. The summed E-state index contributed by atoms with van der Waals surface area (Å²) in [6.45, 7) is 1.95. The van der Waals surface area contributed by atoms with Crippen LogP contribution in [0.15, 0.2) is 22.6 Å². The number of aromatic nitrogens is 1. The van der Waals surface area contributed by atoms with Crippen LogP contribution in [0.2, 0.25) is 0 Å². The molecule has 20 heavy (non-hydrogen) atoms. The maximum absolute atomic E-state index is 10.7. The molecule has 2 aromatic rings. The summed E-state index contributed by atoms with van der Waals surface area (Å²) in [5.41, 5.74) is 1.09. The second-order valence-corrected chi connectivity index (χ2v) is 4.60. The number of nitrogens with one attached hydrogen (secondary N) is 2. The molecule has 1 aromatic carbocycles. The molecule has 1 aliphatic heterocycles. The van der Waals surface area contributed by atoms with Crippen molar-refractivity contribution in [1.82, 2.24) is 10.3 Å². The van der Waals surface area contributed by atoms with E-state index in [0.717, 1.165) is 25.9 Å². The molecule has 108 valence electrons. The highest BCUT2D eigenvalue weighted by Gasteiger charge is 2.16. The van der Waals surface area contributed by atoms with Crippen LogP contribution in [0.3, 0.4) is 0 Å². The zero-order valence-corrected chi connectivity index (χ0v) is 11.5. The second kappa shape index (κ2) is 6.06. The van der Waals surface area contributed by atoms with E-state index in [-0.39, 0.29) is 18.1 Å². The highest BCUT2D eigenvalue weighted by Crippen LogP contribution is 2.24. The summed E-state index contributed by atoms with van der Waals surface area (Å²) in [6.07, 6.45) is 2.03. The molecule has 3 rings (SSSR count). The second-order valence-electron chi connectivity index (χ2n) is 4.60. The summed E-state index contributed by atoms with van der Waals surface area (Å²) >= 11 is 0. The maximum atomic E-state index is 10.7. The van der Waals surface area contributed by atoms with Crippen molar-refractivity contribution in [1.29, 1.82) is 0 Å². The molecule has 1 saturated heterocycles. The Labute approximate surface area is 121 Å². The first-order valence-electron chi connectivity index (χ1n) is 6.24. The quantitative estimate of drug-likeness (QED) is 0.667. The van der Waals surface area contributed by atoms with E-state index in [1.807, 2.05) is 0 Å². The number of nitrogens with zero attached hydrogens (tertiary/aromatic N) is 2. The van der Waals surface area contributed by atoms with Crippen molar-refractivity contribution < 1.29 is 9.34 Å². The van der Waals surface area contributed by atoms with Crippen molar-refractivity contribution in [3.63, 3.8) is 0 Å². The summed E-state index contributed by atoms with van der Waals surface area (Å²) < 4.78 is 5.54. The lowest BCUT2D eigenvalue weighted by atomic mass is 10.1. The van der Waals surface area contributed by atoms with Crippen LogP contribution in [-0.4, -0.2) is 29.0 Å². The van der Waals surface area contributed by atoms with Crippen LogP contribution < -0.4 is 10.6 Å². The van der Waals surface area contributed by atoms with Gasteiger partial charge in [0, 0.05) is 18.2 Å². The van der Waals surface area contributed by atoms with Gasteiger partial charge in [0.1, 0.15) is 5.52 Å². The van der Waals surface area contributed by atoms with Crippen molar-refractivity contribution in [2.45, 2.75) is 18.9 Å². The number of piperidine rings is 1. The van der Waals surface area contributed by atoms with Crippen LogP contribution in [0.4, 0.5) is 11.7 Å². The fourth-order valence-electron chi connectivity index (χ4n) is 2.23. The third kappa shape index (κ3) is 3.00. The lowest BCUT2D eigenvalue weighted by Crippen LogP contribution is -2.35. The molecule has 0 saturated carbocycles. The van der Waals surface area contributed by atoms with Gasteiger partial charge in [-0.05, 0) is 32.0 Å². The summed E-state index contributed by atoms with van der Waals surface area (Å²) in [7, 11) is 0. The Kier molecular flexibility index (Phi) is 4.41. The van der Waals surface area contributed by atoms with Gasteiger partial charge in [-0.3, -0.25) is 10.1 Å². The Hall–Kier alpha value is -1.86. The molecule has 1 aromatic heterocycles. The monoisotopic (exact) mass is 298 g/mol. The molecule has 7 nitrogen and oxygen atoms in total. The predicted octanol–water partition coefficient (Wildman–Crippen LogP) is 2.32. The van der Waals surface area contributed by atoms with E-state index in [1.165, 1.54) is 12.1 Å². The van der Waals surface area contributed by atoms with E-state index in [0.29, 0.717) is 23.2 Å². The molecule has 0 atom stereocenters. The largest absolute Gasteiger partial charge is 0.424 e. The molecule has 0 amide bonds. The first-order valence-corrected chi connectivity index (χ1v) is 6.24. The first kappa shape index (κ1) is 14.5. The van der Waals surface area contributed by atoms with Crippen molar-refractivity contribution in [2.24, 2.45) is 0 Å². The van der Waals surface area contributed by atoms with Crippen molar-refractivity contribution in [2.75, 3.05) is 18.4 Å². The number of benzene rings is 1. The minimum absolute atomic E-state index is 0. The van der Waals surface area contributed by atoms with Gasteiger partial charge in [0.25, 0.3) is 11.7 Å². The predicted molar refractivity (Wildman–Crippen MR) is 77.4 cm³/mol. The number of oxazole rings is 1. The Bertz CT molecular complexity index is 610. The lowest BCUT2D eigenvalue weighted by molar-refractivity contribution is -0.384. The molecule has 1 fully saturated rings. The average Bonchev–Trinajstić information content (AvgIpc) is 2.80. The van der Waals surface area contributed by atoms with Crippen molar-refractivity contribution in [3.8, 4) is 0 Å². The van der Waals surface area contributed by atoms with Crippen molar-refractivity contribution in [3.05, 3.63) is 28.3 Å². The third-order valence-corrected chi connectivity index (χ3v) is 3.25. The van der Waals surface area contributed by atoms with Gasteiger partial charge in [-0.15, -0.1) is 12.4 Å². The van der Waals surface area contributed by atoms with Crippen LogP contribution in [0.1, 0.15) is 12.8 Å². The number of non-ortho nitro benzene ring substituents is 1. The van der Waals surface area contributed by atoms with Gasteiger partial charge in [0.15, 0.2) is 5.58 Å². The molecule has 2 N–H and O–H groups in total. The van der Waals surface area contributed by atoms with Crippen LogP contribution in [0, 0.1) is 10.1 Å². The summed E-state index contributed by atoms with van der Waals surface area (Å²) in [6, 6.07) is 5.19. The summed E-state index contributed by atoms with van der Waals surface area (Å²) in [5, 5.41) is 17.2. The number of hydrogen-bond acceptors (Lipinski definition) is 6. The van der Waals surface area contributed by atoms with Gasteiger partial charge >= 0.3 is 0 Å². The summed E-state index contributed by atoms with van der Waals surface area (Å²) in [5.74, 6) is 0. The minimum atomic E-state index is -0.436. The van der Waals surface area contributed by atoms with Gasteiger partial charge in [0.2, 0.25) is 0 Å². The molecule has 0 spiro atoms. The van der Waals surface area contributed by atoms with Crippen LogP contribution in [0.25, 0.3) is 11.1 Å². The van der Waals surface area contributed by atoms with Crippen molar-refractivity contribution >= 4 is 35.2 Å². The SMILES string of the molecule is Cl.O=[N+]([O-])c1ccc2oc(NC3CCNCC3)nc2c1. The number of anilines is 1. The molecule has 0 radical (unpaired) electrons. The van der Waals surface area contributed by atoms with Gasteiger partial charge in [-0.1, -0.05) is 0 Å². The molecular formula is C12H15ClN4O3. The van der Waals surface area contributed by atoms with Gasteiger partial charge in [-0.25, -0.2) is 0 Å². The minimum Gasteiger partial charge on any atom is -0.424 e. The molecule has 2 heterocycles. The number of halogens is 1. The van der Waals surface area contributed by atoms with E-state index in [4.69, 9.17) is 4.42 Å². The topological polar surface area (TPSA) is 93.2 Å². The van der Waals surface area contributed by atoms with Gasteiger partial charge < -0.3 is 15.1 Å². The summed E-state index contributed by atoms with van der Waals surface area (Å²) in [4.78, 5) is 14.5. The lowest BCUT2D eigenvalue weighted by Gasteiger charge is -2.22. The Morgan fingerprint density at radius 1 is 1.40 bits per heavy atom. The Balaban J connectivity index is 0.00000147. The molecule has 0 unspecified atom stereocenters. The standard InChI is InChI=1S/C12H14N4O3.ClH/c17-16(18)9-1-2-11-10(7-9)15-12(19-11)14-8-3-5-13-6-4-8;/h1-2,7-8,13H,3-6H2,(H,14,15);1H. The molecule has 0 aliphatic carbocycles. The molecule has 1 aliphatic rings. The zero-order valence-electron chi connectivity index (χ0n) is 10.7. The smallest absolute Gasteiger partial charge is 0.295 e. The maximum Gasteiger partial charge on any atom is 0.295 e. The van der Waals surface area contributed by atoms with Crippen LogP contribution in [-0.2, 0) is 0 Å². The van der Waals surface area contributed by atoms with E-state index >= 15 is 0 Å². The Morgan fingerprint density at radius 3 is 2.85 bits per heavy atom. The molecule has 0 bridgehead atoms. The number of nitro benzene ring substituents is 1. The van der Waals surface area contributed by atoms with Gasteiger partial charge in [0.05, 0.1) is 4.92 Å². The highest BCUT2D eigenvalue weighted by atomic mass is 35.5. The van der Waals surface area contributed by atoms with E-state index < -0.39 is 4.92 Å². The first-order chi connectivity index (χ1) is 9.22. The highest BCUT2D eigenvalue weighted by molar-refractivity contribution is 5.85. The normalized spacial score (nSPS) is 15.8. The molecule has 8 heteroatoms.